The van der Waals surface area contributed by atoms with E-state index in [1.165, 1.54) is 44.9 Å². The Balaban J connectivity index is -0.0000000463. The van der Waals surface area contributed by atoms with Gasteiger partial charge in [0.1, 0.15) is 6.10 Å². The normalized spacial score (nSPS) is 10.3. The van der Waals surface area contributed by atoms with Gasteiger partial charge in [-0.3, -0.25) is 0 Å². The molecule has 0 rings (SSSR count). The minimum atomic E-state index is -0.0169. The summed E-state index contributed by atoms with van der Waals surface area (Å²) in [6, 6.07) is 0. The van der Waals surface area contributed by atoms with E-state index in [2.05, 4.69) is 55.4 Å². The molecule has 0 spiro atoms. The zero-order valence-electron chi connectivity index (χ0n) is 25.8. The highest BCUT2D eigenvalue weighted by atomic mass is 16.6. The van der Waals surface area contributed by atoms with E-state index in [9.17, 15) is 0 Å². The number of hydrogen-bond donors (Lipinski definition) is 0. The van der Waals surface area contributed by atoms with E-state index >= 15 is 0 Å². The summed E-state index contributed by atoms with van der Waals surface area (Å²) in [6.07, 6.45) is 21.2. The molecule has 0 aromatic heterocycles. The first-order chi connectivity index (χ1) is 16.8. The van der Waals surface area contributed by atoms with Gasteiger partial charge >= 0.3 is 0 Å². The summed E-state index contributed by atoms with van der Waals surface area (Å²) in [6.45, 7) is 27.2. The lowest BCUT2D eigenvalue weighted by atomic mass is 9.78. The maximum absolute atomic E-state index is 5.66. The smallest absolute Gasteiger partial charge is 0.105 e. The summed E-state index contributed by atoms with van der Waals surface area (Å²) in [7, 11) is 0. The fraction of sp³-hybridized carbons (Fsp3) is 0.846. The summed E-state index contributed by atoms with van der Waals surface area (Å²) in [5.41, 5.74) is 1.29. The molecule has 0 radical (unpaired) electrons. The van der Waals surface area contributed by atoms with Crippen molar-refractivity contribution < 1.29 is 14.2 Å². The van der Waals surface area contributed by atoms with Crippen molar-refractivity contribution >= 4 is 0 Å². The summed E-state index contributed by atoms with van der Waals surface area (Å²) in [5.74, 6) is 0. The van der Waals surface area contributed by atoms with Gasteiger partial charge in [0, 0.05) is 0 Å². The van der Waals surface area contributed by atoms with Gasteiger partial charge in [-0.25, -0.2) is 0 Å². The molecule has 0 heterocycles. The van der Waals surface area contributed by atoms with Crippen molar-refractivity contribution in [2.75, 3.05) is 33.0 Å². The lowest BCUT2D eigenvalue weighted by Crippen LogP contribution is -2.26. The van der Waals surface area contributed by atoms with Crippen LogP contribution in [-0.2, 0) is 14.2 Å². The van der Waals surface area contributed by atoms with Crippen LogP contribution in [0.5, 0.6) is 0 Å². The molecule has 0 aromatic rings. The summed E-state index contributed by atoms with van der Waals surface area (Å²) in [4.78, 5) is 0. The topological polar surface area (TPSA) is 27.7 Å². The van der Waals surface area contributed by atoms with Gasteiger partial charge in [-0.15, -0.1) is 0 Å². The van der Waals surface area contributed by atoms with Crippen LogP contribution in [0.25, 0.3) is 0 Å². The molecule has 42 heavy (non-hydrogen) atoms. The Bertz CT molecular complexity index is 442. The average Bonchev–Trinajstić information content (AvgIpc) is 2.90. The van der Waals surface area contributed by atoms with Crippen molar-refractivity contribution in [2.24, 2.45) is 10.8 Å². The van der Waals surface area contributed by atoms with Crippen LogP contribution in [0.4, 0.5) is 0 Å². The van der Waals surface area contributed by atoms with Crippen LogP contribution in [0.1, 0.15) is 173 Å². The molecule has 0 aliphatic rings. The van der Waals surface area contributed by atoms with E-state index in [-0.39, 0.29) is 58.1 Å². The van der Waals surface area contributed by atoms with Crippen LogP contribution >= 0.6 is 0 Å². The molecule has 0 unspecified atom stereocenters. The summed E-state index contributed by atoms with van der Waals surface area (Å²) in [5, 5.41) is 0. The van der Waals surface area contributed by atoms with Crippen LogP contribution in [0.3, 0.4) is 0 Å². The first-order valence-electron chi connectivity index (χ1n) is 14.4. The largest absolute Gasteiger partial charge is 0.375 e. The van der Waals surface area contributed by atoms with Crippen molar-refractivity contribution in [2.45, 2.75) is 179 Å². The van der Waals surface area contributed by atoms with Gasteiger partial charge in [0.25, 0.3) is 0 Å². The van der Waals surface area contributed by atoms with E-state index in [1.807, 2.05) is 57.2 Å². The highest BCUT2D eigenvalue weighted by Crippen LogP contribution is 2.33. The molecule has 0 amide bonds. The van der Waals surface area contributed by atoms with Crippen LogP contribution in [0.2, 0.25) is 0 Å². The molecule has 0 bridgehead atoms. The van der Waals surface area contributed by atoms with Crippen molar-refractivity contribution in [3.63, 3.8) is 0 Å². The number of hydrogen-bond acceptors (Lipinski definition) is 3. The van der Waals surface area contributed by atoms with Crippen LogP contribution in [0.15, 0.2) is 36.5 Å². The lowest BCUT2D eigenvalue weighted by Gasteiger charge is -2.28. The Morgan fingerprint density at radius 2 is 0.762 bits per heavy atom. The fourth-order valence-electron chi connectivity index (χ4n) is 3.41. The highest BCUT2D eigenvalue weighted by molar-refractivity contribution is 4.79. The van der Waals surface area contributed by atoms with Gasteiger partial charge in [-0.2, -0.15) is 0 Å². The maximum atomic E-state index is 5.66. The second kappa shape index (κ2) is 49.8. The van der Waals surface area contributed by atoms with Crippen molar-refractivity contribution in [3.05, 3.63) is 36.5 Å². The minimum Gasteiger partial charge on any atom is -0.375 e. The predicted octanol–water partition coefficient (Wildman–Crippen LogP) is 14.4. The van der Waals surface area contributed by atoms with E-state index < -0.39 is 0 Å². The molecule has 0 aliphatic heterocycles. The monoisotopic (exact) mass is 609 g/mol. The zero-order chi connectivity index (χ0) is 27.4. The Hall–Kier alpha value is -0.900. The van der Waals surface area contributed by atoms with E-state index in [4.69, 9.17) is 14.2 Å². The van der Waals surface area contributed by atoms with Gasteiger partial charge < -0.3 is 14.2 Å². The standard InChI is InChI=1S/C15H26O3.C9H20.C8H18.7CH4/c1-4-7-10-16-13-15(18-12-9-6-3)14-17-11-8-5-2;1-5-9(6-2,7-3)8-4;1-5-8(4,6-2)7-3;;;;;;;/h4-9,15H,10-14H2,1-3H3;5-8H2,1-4H3;5-7H2,1-4H3;7*1H4/b7-4+,8-5+,9-6+;;;;;;;;;. The first-order valence-corrected chi connectivity index (χ1v) is 14.4. The molecule has 3 nitrogen and oxygen atoms in total. The molecule has 0 saturated carbocycles. The molecule has 0 saturated heterocycles. The molecule has 266 valence electrons. The minimum absolute atomic E-state index is 0. The van der Waals surface area contributed by atoms with Crippen molar-refractivity contribution in [1.29, 1.82) is 0 Å². The molecular weight excluding hydrogens is 516 g/mol. The molecule has 0 N–H and O–H groups in total. The number of ether oxygens (including phenoxy) is 3. The summed E-state index contributed by atoms with van der Waals surface area (Å²) < 4.78 is 16.6. The Morgan fingerprint density at radius 1 is 0.476 bits per heavy atom. The van der Waals surface area contributed by atoms with Gasteiger partial charge in [-0.05, 0) is 31.6 Å². The lowest BCUT2D eigenvalue weighted by molar-refractivity contribution is -0.0429. The van der Waals surface area contributed by atoms with Gasteiger partial charge in [0.05, 0.1) is 33.0 Å². The molecule has 0 fully saturated rings. The van der Waals surface area contributed by atoms with Crippen LogP contribution in [-0.4, -0.2) is 39.1 Å². The van der Waals surface area contributed by atoms with E-state index in [1.54, 1.807) is 0 Å². The van der Waals surface area contributed by atoms with E-state index in [0.29, 0.717) is 43.9 Å². The quantitative estimate of drug-likeness (QED) is 0.114. The maximum Gasteiger partial charge on any atom is 0.105 e. The number of rotatable bonds is 18. The van der Waals surface area contributed by atoms with Crippen LogP contribution < -0.4 is 0 Å². The fourth-order valence-corrected chi connectivity index (χ4v) is 3.41. The Morgan fingerprint density at radius 3 is 0.952 bits per heavy atom. The summed E-state index contributed by atoms with van der Waals surface area (Å²) >= 11 is 0. The molecule has 0 atom stereocenters. The average molecular weight is 609 g/mol. The third kappa shape index (κ3) is 41.2. The Labute approximate surface area is 273 Å². The van der Waals surface area contributed by atoms with Crippen molar-refractivity contribution in [3.8, 4) is 0 Å². The molecule has 0 aliphatic carbocycles. The zero-order valence-corrected chi connectivity index (χ0v) is 25.8. The van der Waals surface area contributed by atoms with E-state index in [0.717, 1.165) is 0 Å². The van der Waals surface area contributed by atoms with Gasteiger partial charge in [0.2, 0.25) is 0 Å². The first kappa shape index (κ1) is 68.3. The highest BCUT2D eigenvalue weighted by Gasteiger charge is 2.20. The second-order valence-corrected chi connectivity index (χ2v) is 9.52. The second-order valence-electron chi connectivity index (χ2n) is 9.52. The molecule has 3 heteroatoms. The molecule has 0 aromatic carbocycles. The SMILES string of the molecule is C.C.C.C.C.C.C.C/C=C/COCC(COC/C=C/C)OC/C=C/C.CCC(C)(CC)CC.CCC(CC)(CC)CC. The molecular formula is C39H92O3. The number of allylic oxidation sites excluding steroid dienone is 3. The van der Waals surface area contributed by atoms with Gasteiger partial charge in [-0.1, -0.05) is 189 Å². The van der Waals surface area contributed by atoms with Crippen LogP contribution in [0, 0.1) is 10.8 Å². The third-order valence-electron chi connectivity index (χ3n) is 7.73. The predicted molar refractivity (Wildman–Crippen MR) is 206 cm³/mol. The van der Waals surface area contributed by atoms with Gasteiger partial charge in [0.15, 0.2) is 0 Å². The third-order valence-corrected chi connectivity index (χ3v) is 7.73. The Kier molecular flexibility index (Phi) is 81.0. The van der Waals surface area contributed by atoms with Crippen molar-refractivity contribution in [1.82, 2.24) is 0 Å².